The van der Waals surface area contributed by atoms with Crippen molar-refractivity contribution < 1.29 is 5.11 Å². The van der Waals surface area contributed by atoms with Crippen molar-refractivity contribution in [3.8, 4) is 0 Å². The number of benzene rings is 2. The first-order chi connectivity index (χ1) is 10.0. The SMILES string of the molecule is CCC(C)(C)c1ccc(C(O)C2Cc3ccccc32)cc1. The molecule has 0 aromatic heterocycles. The van der Waals surface area contributed by atoms with Gasteiger partial charge in [-0.25, -0.2) is 0 Å². The van der Waals surface area contributed by atoms with Gasteiger partial charge in [0.15, 0.2) is 0 Å². The van der Waals surface area contributed by atoms with Gasteiger partial charge in [0.05, 0.1) is 6.10 Å². The highest BCUT2D eigenvalue weighted by Crippen LogP contribution is 2.43. The van der Waals surface area contributed by atoms with E-state index < -0.39 is 6.10 Å². The number of hydrogen-bond acceptors (Lipinski definition) is 1. The lowest BCUT2D eigenvalue weighted by Crippen LogP contribution is -2.23. The van der Waals surface area contributed by atoms with Crippen molar-refractivity contribution in [1.82, 2.24) is 0 Å². The lowest BCUT2D eigenvalue weighted by Gasteiger charge is -2.34. The zero-order valence-electron chi connectivity index (χ0n) is 13.1. The van der Waals surface area contributed by atoms with E-state index in [2.05, 4.69) is 69.3 Å². The molecule has 110 valence electrons. The van der Waals surface area contributed by atoms with Gasteiger partial charge in [-0.15, -0.1) is 0 Å². The van der Waals surface area contributed by atoms with Gasteiger partial charge in [-0.2, -0.15) is 0 Å². The Balaban J connectivity index is 1.79. The molecule has 0 bridgehead atoms. The predicted molar refractivity (Wildman–Crippen MR) is 87.6 cm³/mol. The quantitative estimate of drug-likeness (QED) is 0.857. The normalized spacial score (nSPS) is 18.8. The molecule has 0 saturated carbocycles. The van der Waals surface area contributed by atoms with Gasteiger partial charge in [-0.1, -0.05) is 69.3 Å². The highest BCUT2D eigenvalue weighted by Gasteiger charge is 2.32. The van der Waals surface area contributed by atoms with Crippen LogP contribution in [0.15, 0.2) is 48.5 Å². The first kappa shape index (κ1) is 14.3. The molecule has 2 unspecified atom stereocenters. The summed E-state index contributed by atoms with van der Waals surface area (Å²) >= 11 is 0. The molecule has 21 heavy (non-hydrogen) atoms. The molecule has 0 spiro atoms. The van der Waals surface area contributed by atoms with Crippen LogP contribution >= 0.6 is 0 Å². The van der Waals surface area contributed by atoms with E-state index in [-0.39, 0.29) is 11.3 Å². The van der Waals surface area contributed by atoms with E-state index in [9.17, 15) is 5.11 Å². The van der Waals surface area contributed by atoms with Crippen LogP contribution in [-0.4, -0.2) is 5.11 Å². The minimum Gasteiger partial charge on any atom is -0.388 e. The molecule has 0 fully saturated rings. The minimum absolute atomic E-state index is 0.201. The van der Waals surface area contributed by atoms with Crippen LogP contribution < -0.4 is 0 Å². The molecule has 1 heteroatoms. The maximum absolute atomic E-state index is 10.6. The number of aliphatic hydroxyl groups excluding tert-OH is 1. The fraction of sp³-hybridized carbons (Fsp3) is 0.400. The third kappa shape index (κ3) is 2.51. The molecule has 1 N–H and O–H groups in total. The molecular formula is C20H24O. The lowest BCUT2D eigenvalue weighted by atomic mass is 9.72. The summed E-state index contributed by atoms with van der Waals surface area (Å²) in [5.74, 6) is 0.256. The maximum atomic E-state index is 10.6. The van der Waals surface area contributed by atoms with Gasteiger partial charge >= 0.3 is 0 Å². The van der Waals surface area contributed by atoms with Crippen molar-refractivity contribution in [3.63, 3.8) is 0 Å². The van der Waals surface area contributed by atoms with Gasteiger partial charge in [-0.05, 0) is 40.5 Å². The summed E-state index contributed by atoms with van der Waals surface area (Å²) in [4.78, 5) is 0. The molecule has 0 radical (unpaired) electrons. The summed E-state index contributed by atoms with van der Waals surface area (Å²) in [7, 11) is 0. The van der Waals surface area contributed by atoms with Crippen LogP contribution in [0.2, 0.25) is 0 Å². The van der Waals surface area contributed by atoms with Crippen LogP contribution in [0.5, 0.6) is 0 Å². The molecule has 1 nitrogen and oxygen atoms in total. The smallest absolute Gasteiger partial charge is 0.0861 e. The van der Waals surface area contributed by atoms with Crippen LogP contribution in [0.25, 0.3) is 0 Å². The Labute approximate surface area is 127 Å². The van der Waals surface area contributed by atoms with E-state index in [1.54, 1.807) is 0 Å². The molecule has 0 heterocycles. The average Bonchev–Trinajstić information content (AvgIpc) is 2.48. The lowest BCUT2D eigenvalue weighted by molar-refractivity contribution is 0.134. The van der Waals surface area contributed by atoms with Crippen LogP contribution in [0.1, 0.15) is 61.5 Å². The van der Waals surface area contributed by atoms with Crippen LogP contribution in [0, 0.1) is 0 Å². The Kier molecular flexibility index (Phi) is 3.62. The zero-order chi connectivity index (χ0) is 15.0. The summed E-state index contributed by atoms with van der Waals surface area (Å²) in [6, 6.07) is 17.0. The topological polar surface area (TPSA) is 20.2 Å². The van der Waals surface area contributed by atoms with E-state index in [0.29, 0.717) is 0 Å². The minimum atomic E-state index is -0.390. The van der Waals surface area contributed by atoms with Gasteiger partial charge in [0.25, 0.3) is 0 Å². The van der Waals surface area contributed by atoms with Crippen molar-refractivity contribution in [2.75, 3.05) is 0 Å². The number of hydrogen-bond donors (Lipinski definition) is 1. The average molecular weight is 280 g/mol. The second kappa shape index (κ2) is 5.31. The molecule has 0 aliphatic heterocycles. The Morgan fingerprint density at radius 1 is 1.10 bits per heavy atom. The Morgan fingerprint density at radius 2 is 1.76 bits per heavy atom. The molecule has 0 amide bonds. The second-order valence-electron chi connectivity index (χ2n) is 6.81. The summed E-state index contributed by atoms with van der Waals surface area (Å²) in [6.45, 7) is 6.75. The monoisotopic (exact) mass is 280 g/mol. The van der Waals surface area contributed by atoms with Gasteiger partial charge in [0, 0.05) is 5.92 Å². The number of rotatable bonds is 4. The largest absolute Gasteiger partial charge is 0.388 e. The molecule has 2 aromatic carbocycles. The predicted octanol–water partition coefficient (Wildman–Crippen LogP) is 4.75. The fourth-order valence-corrected chi connectivity index (χ4v) is 3.15. The van der Waals surface area contributed by atoms with Crippen molar-refractivity contribution in [2.45, 2.75) is 51.0 Å². The highest BCUT2D eigenvalue weighted by molar-refractivity contribution is 5.43. The Bertz CT molecular complexity index is 625. The molecule has 1 aliphatic carbocycles. The molecule has 2 atom stereocenters. The molecule has 3 rings (SSSR count). The molecule has 2 aromatic rings. The molecule has 0 saturated heterocycles. The van der Waals surface area contributed by atoms with Crippen molar-refractivity contribution in [2.24, 2.45) is 0 Å². The summed E-state index contributed by atoms with van der Waals surface area (Å²) < 4.78 is 0. The zero-order valence-corrected chi connectivity index (χ0v) is 13.1. The molecular weight excluding hydrogens is 256 g/mol. The summed E-state index contributed by atoms with van der Waals surface area (Å²) in [5, 5.41) is 10.6. The van der Waals surface area contributed by atoms with Crippen LogP contribution in [-0.2, 0) is 11.8 Å². The maximum Gasteiger partial charge on any atom is 0.0861 e. The summed E-state index contributed by atoms with van der Waals surface area (Å²) in [5.41, 5.74) is 5.26. The van der Waals surface area contributed by atoms with E-state index in [0.717, 1.165) is 18.4 Å². The number of aliphatic hydroxyl groups is 1. The number of fused-ring (bicyclic) bond motifs is 1. The highest BCUT2D eigenvalue weighted by atomic mass is 16.3. The summed E-state index contributed by atoms with van der Waals surface area (Å²) in [6.07, 6.45) is 1.71. The van der Waals surface area contributed by atoms with Crippen molar-refractivity contribution in [3.05, 3.63) is 70.8 Å². The van der Waals surface area contributed by atoms with Gasteiger partial charge in [0.2, 0.25) is 0 Å². The van der Waals surface area contributed by atoms with E-state index in [1.165, 1.54) is 16.7 Å². The van der Waals surface area contributed by atoms with Crippen molar-refractivity contribution in [1.29, 1.82) is 0 Å². The Hall–Kier alpha value is -1.60. The van der Waals surface area contributed by atoms with Gasteiger partial charge in [-0.3, -0.25) is 0 Å². The van der Waals surface area contributed by atoms with Gasteiger partial charge in [0.1, 0.15) is 0 Å². The first-order valence-corrected chi connectivity index (χ1v) is 7.89. The van der Waals surface area contributed by atoms with E-state index in [1.807, 2.05) is 0 Å². The van der Waals surface area contributed by atoms with E-state index in [4.69, 9.17) is 0 Å². The standard InChI is InChI=1S/C20H24O/c1-4-20(2,3)16-11-9-14(10-12-16)19(21)18-13-15-7-5-6-8-17(15)18/h5-12,18-19,21H,4,13H2,1-3H3. The van der Waals surface area contributed by atoms with Crippen LogP contribution in [0.3, 0.4) is 0 Å². The Morgan fingerprint density at radius 3 is 2.38 bits per heavy atom. The first-order valence-electron chi connectivity index (χ1n) is 7.89. The third-order valence-corrected chi connectivity index (χ3v) is 5.19. The second-order valence-corrected chi connectivity index (χ2v) is 6.81. The fourth-order valence-electron chi connectivity index (χ4n) is 3.15. The third-order valence-electron chi connectivity index (χ3n) is 5.19. The molecule has 1 aliphatic rings. The van der Waals surface area contributed by atoms with E-state index >= 15 is 0 Å². The van der Waals surface area contributed by atoms with Crippen molar-refractivity contribution >= 4 is 0 Å². The van der Waals surface area contributed by atoms with Crippen LogP contribution in [0.4, 0.5) is 0 Å². The van der Waals surface area contributed by atoms with Gasteiger partial charge < -0.3 is 5.11 Å².